The highest BCUT2D eigenvalue weighted by Crippen LogP contribution is 2.26. The van der Waals surface area contributed by atoms with E-state index in [1.807, 2.05) is 36.4 Å². The summed E-state index contributed by atoms with van der Waals surface area (Å²) < 4.78 is 6.01. The Morgan fingerprint density at radius 3 is 2.69 bits per heavy atom. The molecule has 0 unspecified atom stereocenters. The topological polar surface area (TPSA) is 52.2 Å². The van der Waals surface area contributed by atoms with Crippen molar-refractivity contribution in [2.75, 3.05) is 18.4 Å². The first-order chi connectivity index (χ1) is 12.7. The number of nitrogens with zero attached hydrogens (tertiary/aromatic N) is 2. The van der Waals surface area contributed by atoms with Gasteiger partial charge in [0.1, 0.15) is 11.3 Å². The second kappa shape index (κ2) is 7.23. The quantitative estimate of drug-likeness (QED) is 0.701. The Bertz CT molecular complexity index is 936. The lowest BCUT2D eigenvalue weighted by Gasteiger charge is -2.19. The van der Waals surface area contributed by atoms with E-state index in [2.05, 4.69) is 35.3 Å². The van der Waals surface area contributed by atoms with Gasteiger partial charge in [-0.05, 0) is 74.8 Å². The zero-order valence-corrected chi connectivity index (χ0v) is 15.0. The van der Waals surface area contributed by atoms with Gasteiger partial charge >= 0.3 is 0 Å². The summed E-state index contributed by atoms with van der Waals surface area (Å²) in [6.45, 7) is 4.59. The van der Waals surface area contributed by atoms with Gasteiger partial charge in [0.05, 0.1) is 11.6 Å². The van der Waals surface area contributed by atoms with Crippen molar-refractivity contribution in [3.8, 4) is 6.07 Å². The average molecular weight is 345 g/mol. The standard InChI is InChI=1S/C22H23N3O/c1-16-3-2-11-25(16)12-10-21-14-18-13-20(8-9-22(18)26-21)24-19-6-4-17(15-23)5-7-19/h4-9,13-14,16,24H,2-3,10-12H2,1H3/t16-/m1/s1. The van der Waals surface area contributed by atoms with Crippen LogP contribution in [0.4, 0.5) is 11.4 Å². The van der Waals surface area contributed by atoms with E-state index in [9.17, 15) is 0 Å². The number of hydrogen-bond acceptors (Lipinski definition) is 4. The molecule has 0 aliphatic carbocycles. The van der Waals surface area contributed by atoms with Crippen LogP contribution in [0.2, 0.25) is 0 Å². The van der Waals surface area contributed by atoms with Gasteiger partial charge in [0.15, 0.2) is 0 Å². The van der Waals surface area contributed by atoms with Crippen LogP contribution in [0, 0.1) is 11.3 Å². The Labute approximate surface area is 154 Å². The molecule has 3 aromatic rings. The number of nitrogens with one attached hydrogen (secondary N) is 1. The van der Waals surface area contributed by atoms with Gasteiger partial charge in [-0.3, -0.25) is 0 Å². The maximum Gasteiger partial charge on any atom is 0.134 e. The monoisotopic (exact) mass is 345 g/mol. The van der Waals surface area contributed by atoms with E-state index in [4.69, 9.17) is 9.68 Å². The van der Waals surface area contributed by atoms with Crippen LogP contribution >= 0.6 is 0 Å². The fraction of sp³-hybridized carbons (Fsp3) is 0.318. The van der Waals surface area contributed by atoms with Gasteiger partial charge < -0.3 is 14.6 Å². The molecule has 4 nitrogen and oxygen atoms in total. The first-order valence-corrected chi connectivity index (χ1v) is 9.25. The summed E-state index contributed by atoms with van der Waals surface area (Å²) in [5.74, 6) is 1.05. The third kappa shape index (κ3) is 3.58. The predicted molar refractivity (Wildman–Crippen MR) is 105 cm³/mol. The molecular weight excluding hydrogens is 322 g/mol. The van der Waals surface area contributed by atoms with E-state index < -0.39 is 0 Å². The number of likely N-dealkylation sites (tertiary alicyclic amines) is 1. The third-order valence-corrected chi connectivity index (χ3v) is 5.21. The molecule has 0 spiro atoms. The van der Waals surface area contributed by atoms with Crippen LogP contribution < -0.4 is 5.32 Å². The molecule has 1 aliphatic heterocycles. The number of fused-ring (bicyclic) bond motifs is 1. The maximum absolute atomic E-state index is 8.88. The summed E-state index contributed by atoms with van der Waals surface area (Å²) in [5, 5.41) is 13.4. The van der Waals surface area contributed by atoms with Gasteiger partial charge in [0.2, 0.25) is 0 Å². The van der Waals surface area contributed by atoms with Crippen molar-refractivity contribution in [3.05, 3.63) is 59.9 Å². The molecule has 0 amide bonds. The highest BCUT2D eigenvalue weighted by atomic mass is 16.3. The number of benzene rings is 2. The number of furan rings is 1. The number of anilines is 2. The summed E-state index contributed by atoms with van der Waals surface area (Å²) >= 11 is 0. The zero-order valence-electron chi connectivity index (χ0n) is 15.0. The first-order valence-electron chi connectivity index (χ1n) is 9.25. The van der Waals surface area contributed by atoms with Crippen molar-refractivity contribution < 1.29 is 4.42 Å². The summed E-state index contributed by atoms with van der Waals surface area (Å²) in [6, 6.07) is 18.6. The SMILES string of the molecule is C[C@@H]1CCCN1CCc1cc2cc(Nc3ccc(C#N)cc3)ccc2o1. The Morgan fingerprint density at radius 2 is 1.96 bits per heavy atom. The molecule has 1 N–H and O–H groups in total. The van der Waals surface area contributed by atoms with Gasteiger partial charge in [0.25, 0.3) is 0 Å². The van der Waals surface area contributed by atoms with Crippen LogP contribution in [0.3, 0.4) is 0 Å². The van der Waals surface area contributed by atoms with Crippen LogP contribution in [0.25, 0.3) is 11.0 Å². The number of hydrogen-bond donors (Lipinski definition) is 1. The minimum absolute atomic E-state index is 0.665. The summed E-state index contributed by atoms with van der Waals surface area (Å²) in [4.78, 5) is 2.55. The molecule has 4 heteroatoms. The van der Waals surface area contributed by atoms with Crippen molar-refractivity contribution in [2.24, 2.45) is 0 Å². The Kier molecular flexibility index (Phi) is 4.64. The lowest BCUT2D eigenvalue weighted by Crippen LogP contribution is -2.28. The highest BCUT2D eigenvalue weighted by Gasteiger charge is 2.20. The average Bonchev–Trinajstić information content (AvgIpc) is 3.25. The fourth-order valence-corrected chi connectivity index (χ4v) is 3.67. The normalized spacial score (nSPS) is 17.5. The van der Waals surface area contributed by atoms with Crippen LogP contribution in [-0.2, 0) is 6.42 Å². The lowest BCUT2D eigenvalue weighted by molar-refractivity contribution is 0.266. The number of nitriles is 1. The van der Waals surface area contributed by atoms with Crippen LogP contribution in [-0.4, -0.2) is 24.0 Å². The van der Waals surface area contributed by atoms with E-state index in [-0.39, 0.29) is 0 Å². The maximum atomic E-state index is 8.88. The summed E-state index contributed by atoms with van der Waals surface area (Å²) in [6.07, 6.45) is 3.58. The van der Waals surface area contributed by atoms with Gasteiger partial charge in [0, 0.05) is 35.8 Å². The Hall–Kier alpha value is -2.77. The van der Waals surface area contributed by atoms with Crippen LogP contribution in [0.5, 0.6) is 0 Å². The van der Waals surface area contributed by atoms with E-state index in [0.29, 0.717) is 11.6 Å². The third-order valence-electron chi connectivity index (χ3n) is 5.21. The lowest BCUT2D eigenvalue weighted by atomic mass is 10.2. The molecule has 4 rings (SSSR count). The summed E-state index contributed by atoms with van der Waals surface area (Å²) in [5.41, 5.74) is 3.58. The smallest absolute Gasteiger partial charge is 0.134 e. The molecule has 1 fully saturated rings. The van der Waals surface area contributed by atoms with Crippen molar-refractivity contribution in [1.82, 2.24) is 4.90 Å². The predicted octanol–water partition coefficient (Wildman–Crippen LogP) is 5.07. The molecular formula is C22H23N3O. The molecule has 2 heterocycles. The highest BCUT2D eigenvalue weighted by molar-refractivity contribution is 5.83. The Balaban J connectivity index is 1.45. The molecule has 0 radical (unpaired) electrons. The van der Waals surface area contributed by atoms with Crippen LogP contribution in [0.15, 0.2) is 52.9 Å². The Morgan fingerprint density at radius 1 is 1.15 bits per heavy atom. The van der Waals surface area contributed by atoms with E-state index >= 15 is 0 Å². The molecule has 1 aromatic heterocycles. The minimum Gasteiger partial charge on any atom is -0.461 e. The van der Waals surface area contributed by atoms with E-state index in [1.54, 1.807) is 0 Å². The second-order valence-corrected chi connectivity index (χ2v) is 7.06. The molecule has 1 saturated heterocycles. The molecule has 0 saturated carbocycles. The molecule has 26 heavy (non-hydrogen) atoms. The molecule has 2 aromatic carbocycles. The molecule has 1 atom stereocenters. The summed E-state index contributed by atoms with van der Waals surface area (Å²) in [7, 11) is 0. The zero-order chi connectivity index (χ0) is 17.9. The van der Waals surface area contributed by atoms with Crippen molar-refractivity contribution in [3.63, 3.8) is 0 Å². The minimum atomic E-state index is 0.665. The van der Waals surface area contributed by atoms with Crippen molar-refractivity contribution >= 4 is 22.3 Å². The van der Waals surface area contributed by atoms with Gasteiger partial charge in [-0.1, -0.05) is 0 Å². The van der Waals surface area contributed by atoms with Gasteiger partial charge in [-0.2, -0.15) is 5.26 Å². The van der Waals surface area contributed by atoms with E-state index in [0.717, 1.165) is 41.1 Å². The van der Waals surface area contributed by atoms with Crippen molar-refractivity contribution in [2.45, 2.75) is 32.2 Å². The fourth-order valence-electron chi connectivity index (χ4n) is 3.67. The van der Waals surface area contributed by atoms with Gasteiger partial charge in [-0.15, -0.1) is 0 Å². The first kappa shape index (κ1) is 16.7. The molecule has 132 valence electrons. The van der Waals surface area contributed by atoms with Crippen molar-refractivity contribution in [1.29, 1.82) is 5.26 Å². The molecule has 0 bridgehead atoms. The second-order valence-electron chi connectivity index (χ2n) is 7.06. The van der Waals surface area contributed by atoms with Gasteiger partial charge in [-0.25, -0.2) is 0 Å². The van der Waals surface area contributed by atoms with E-state index in [1.165, 1.54) is 19.4 Å². The van der Waals surface area contributed by atoms with Crippen LogP contribution in [0.1, 0.15) is 31.1 Å². The molecule has 1 aliphatic rings. The number of rotatable bonds is 5. The largest absolute Gasteiger partial charge is 0.461 e.